The van der Waals surface area contributed by atoms with Gasteiger partial charge in [0.2, 0.25) is 0 Å². The van der Waals surface area contributed by atoms with Crippen LogP contribution in [0.5, 0.6) is 5.75 Å². The third-order valence-corrected chi connectivity index (χ3v) is 7.13. The third-order valence-electron chi connectivity index (χ3n) is 4.85. The first-order valence-electron chi connectivity index (χ1n) is 8.45. The molecule has 0 aromatic heterocycles. The number of sulfone groups is 1. The minimum absolute atomic E-state index is 0.0525. The minimum Gasteiger partial charge on any atom is -0.482 e. The summed E-state index contributed by atoms with van der Waals surface area (Å²) in [5.74, 6) is 0.416. The van der Waals surface area contributed by atoms with Gasteiger partial charge in [-0.15, -0.1) is 0 Å². The van der Waals surface area contributed by atoms with Gasteiger partial charge in [0.1, 0.15) is 5.75 Å². The molecule has 138 valence electrons. The highest BCUT2D eigenvalue weighted by molar-refractivity contribution is 7.91. The van der Waals surface area contributed by atoms with E-state index in [9.17, 15) is 13.2 Å². The van der Waals surface area contributed by atoms with E-state index in [1.807, 2.05) is 0 Å². The number of halogens is 2. The van der Waals surface area contributed by atoms with E-state index in [1.54, 1.807) is 23.1 Å². The van der Waals surface area contributed by atoms with E-state index in [1.165, 1.54) is 0 Å². The largest absolute Gasteiger partial charge is 0.482 e. The van der Waals surface area contributed by atoms with Crippen molar-refractivity contribution in [3.8, 4) is 5.75 Å². The summed E-state index contributed by atoms with van der Waals surface area (Å²) in [4.78, 5) is 14.6. The molecule has 1 aromatic rings. The Labute approximate surface area is 158 Å². The molecule has 1 aromatic carbocycles. The maximum atomic E-state index is 12.8. The first-order valence-corrected chi connectivity index (χ1v) is 11.0. The molecule has 1 saturated carbocycles. The number of ether oxygens (including phenoxy) is 1. The maximum Gasteiger partial charge on any atom is 0.261 e. The van der Waals surface area contributed by atoms with Crippen LogP contribution in [0.2, 0.25) is 10.0 Å². The van der Waals surface area contributed by atoms with Crippen molar-refractivity contribution in [2.75, 3.05) is 18.1 Å². The molecule has 2 fully saturated rings. The number of nitrogens with zero attached hydrogens (tertiary/aromatic N) is 1. The Morgan fingerprint density at radius 1 is 1.16 bits per heavy atom. The summed E-state index contributed by atoms with van der Waals surface area (Å²) in [6.45, 7) is -0.158. The van der Waals surface area contributed by atoms with Gasteiger partial charge in [-0.05, 0) is 37.5 Å². The SMILES string of the molecule is O=C(COc1ccc(Cl)cc1Cl)N(C1CCCC1)[C@@H]1CCS(=O)(=O)C1. The average Bonchev–Trinajstić information content (AvgIpc) is 3.17. The van der Waals surface area contributed by atoms with Crippen molar-refractivity contribution in [3.63, 3.8) is 0 Å². The van der Waals surface area contributed by atoms with E-state index in [0.717, 1.165) is 25.7 Å². The summed E-state index contributed by atoms with van der Waals surface area (Å²) < 4.78 is 29.3. The molecule has 0 unspecified atom stereocenters. The molecule has 0 bridgehead atoms. The van der Waals surface area contributed by atoms with Crippen LogP contribution in [-0.4, -0.2) is 49.4 Å². The van der Waals surface area contributed by atoms with E-state index >= 15 is 0 Å². The van der Waals surface area contributed by atoms with Crippen molar-refractivity contribution < 1.29 is 17.9 Å². The van der Waals surface area contributed by atoms with E-state index in [4.69, 9.17) is 27.9 Å². The quantitative estimate of drug-likeness (QED) is 0.753. The molecule has 1 heterocycles. The number of hydrogen-bond acceptors (Lipinski definition) is 4. The average molecular weight is 406 g/mol. The number of carbonyl (C=O) groups excluding carboxylic acids is 1. The second kappa shape index (κ2) is 7.72. The van der Waals surface area contributed by atoms with Crippen molar-refractivity contribution in [1.82, 2.24) is 4.90 Å². The van der Waals surface area contributed by atoms with Gasteiger partial charge in [0.25, 0.3) is 5.91 Å². The van der Waals surface area contributed by atoms with Gasteiger partial charge < -0.3 is 9.64 Å². The molecule has 0 spiro atoms. The maximum absolute atomic E-state index is 12.8. The van der Waals surface area contributed by atoms with Crippen molar-refractivity contribution >= 4 is 38.9 Å². The number of carbonyl (C=O) groups is 1. The summed E-state index contributed by atoms with van der Waals surface area (Å²) >= 11 is 11.9. The fourth-order valence-corrected chi connectivity index (χ4v) is 5.86. The molecule has 3 rings (SSSR count). The van der Waals surface area contributed by atoms with Crippen molar-refractivity contribution in [2.45, 2.75) is 44.2 Å². The van der Waals surface area contributed by atoms with E-state index in [0.29, 0.717) is 22.2 Å². The number of hydrogen-bond donors (Lipinski definition) is 0. The van der Waals surface area contributed by atoms with Crippen LogP contribution in [0.3, 0.4) is 0 Å². The highest BCUT2D eigenvalue weighted by atomic mass is 35.5. The summed E-state index contributed by atoms with van der Waals surface area (Å²) in [7, 11) is -3.05. The van der Waals surface area contributed by atoms with Crippen molar-refractivity contribution in [1.29, 1.82) is 0 Å². The number of rotatable bonds is 5. The smallest absolute Gasteiger partial charge is 0.261 e. The molecular formula is C17H21Cl2NO4S. The van der Waals surface area contributed by atoms with Crippen LogP contribution < -0.4 is 4.74 Å². The lowest BCUT2D eigenvalue weighted by Gasteiger charge is -2.34. The Morgan fingerprint density at radius 2 is 1.88 bits per heavy atom. The van der Waals surface area contributed by atoms with Gasteiger partial charge in [-0.3, -0.25) is 4.79 Å². The Hall–Kier alpha value is -0.980. The second-order valence-electron chi connectivity index (χ2n) is 6.66. The first-order chi connectivity index (χ1) is 11.9. The molecule has 1 amide bonds. The standard InChI is InChI=1S/C17H21Cl2NO4S/c18-12-5-6-16(15(19)9-12)24-10-17(21)20(13-3-1-2-4-13)14-7-8-25(22,23)11-14/h5-6,9,13-14H,1-4,7-8,10-11H2/t14-/m1/s1. The molecule has 8 heteroatoms. The Kier molecular flexibility index (Phi) is 5.81. The molecule has 25 heavy (non-hydrogen) atoms. The first kappa shape index (κ1) is 18.8. The van der Waals surface area contributed by atoms with Crippen LogP contribution in [0, 0.1) is 0 Å². The lowest BCUT2D eigenvalue weighted by atomic mass is 10.1. The van der Waals surface area contributed by atoms with Gasteiger partial charge in [-0.1, -0.05) is 36.0 Å². The van der Waals surface area contributed by atoms with E-state index in [-0.39, 0.29) is 36.1 Å². The summed E-state index contributed by atoms with van der Waals surface area (Å²) in [6.07, 6.45) is 4.48. The monoisotopic (exact) mass is 405 g/mol. The van der Waals surface area contributed by atoms with E-state index < -0.39 is 9.84 Å². The number of amides is 1. The van der Waals surface area contributed by atoms with Gasteiger partial charge >= 0.3 is 0 Å². The van der Waals surface area contributed by atoms with Crippen LogP contribution in [0.1, 0.15) is 32.1 Å². The molecule has 1 aliphatic carbocycles. The van der Waals surface area contributed by atoms with Gasteiger partial charge in [0.05, 0.1) is 16.5 Å². The van der Waals surface area contributed by atoms with Crippen molar-refractivity contribution in [2.24, 2.45) is 0 Å². The zero-order valence-corrected chi connectivity index (χ0v) is 16.1. The van der Waals surface area contributed by atoms with Crippen LogP contribution in [0.25, 0.3) is 0 Å². The van der Waals surface area contributed by atoms with Crippen LogP contribution in [0.4, 0.5) is 0 Å². The Bertz CT molecular complexity index is 747. The summed E-state index contributed by atoms with van der Waals surface area (Å²) in [6, 6.07) is 4.69. The van der Waals surface area contributed by atoms with Crippen LogP contribution in [0.15, 0.2) is 18.2 Å². The van der Waals surface area contributed by atoms with Gasteiger partial charge in [-0.2, -0.15) is 0 Å². The number of benzene rings is 1. The van der Waals surface area contributed by atoms with Gasteiger partial charge in [-0.25, -0.2) is 8.42 Å². The summed E-state index contributed by atoms with van der Waals surface area (Å²) in [5.41, 5.74) is 0. The van der Waals surface area contributed by atoms with Crippen LogP contribution >= 0.6 is 23.2 Å². The molecule has 2 aliphatic rings. The van der Waals surface area contributed by atoms with Crippen LogP contribution in [-0.2, 0) is 14.6 Å². The fraction of sp³-hybridized carbons (Fsp3) is 0.588. The topological polar surface area (TPSA) is 63.7 Å². The Balaban J connectivity index is 1.70. The molecule has 5 nitrogen and oxygen atoms in total. The predicted octanol–water partition coefficient (Wildman–Crippen LogP) is 3.33. The zero-order chi connectivity index (χ0) is 18.0. The molecule has 1 aliphatic heterocycles. The Morgan fingerprint density at radius 3 is 2.48 bits per heavy atom. The fourth-order valence-electron chi connectivity index (χ4n) is 3.69. The van der Waals surface area contributed by atoms with E-state index in [2.05, 4.69) is 0 Å². The second-order valence-corrected chi connectivity index (χ2v) is 9.73. The van der Waals surface area contributed by atoms with Gasteiger partial charge in [0.15, 0.2) is 16.4 Å². The zero-order valence-electron chi connectivity index (χ0n) is 13.8. The lowest BCUT2D eigenvalue weighted by molar-refractivity contribution is -0.137. The highest BCUT2D eigenvalue weighted by Crippen LogP contribution is 2.30. The predicted molar refractivity (Wildman–Crippen MR) is 98.1 cm³/mol. The minimum atomic E-state index is -3.05. The molecule has 0 N–H and O–H groups in total. The van der Waals surface area contributed by atoms with Gasteiger partial charge in [0, 0.05) is 17.1 Å². The molecule has 1 atom stereocenters. The van der Waals surface area contributed by atoms with Crippen molar-refractivity contribution in [3.05, 3.63) is 28.2 Å². The summed E-state index contributed by atoms with van der Waals surface area (Å²) in [5, 5.41) is 0.837. The molecule has 0 radical (unpaired) electrons. The molecular weight excluding hydrogens is 385 g/mol. The lowest BCUT2D eigenvalue weighted by Crippen LogP contribution is -2.48. The highest BCUT2D eigenvalue weighted by Gasteiger charge is 2.39. The molecule has 1 saturated heterocycles. The normalized spacial score (nSPS) is 22.9. The third kappa shape index (κ3) is 4.60.